The third-order valence-corrected chi connectivity index (χ3v) is 5.95. The Morgan fingerprint density at radius 1 is 1.22 bits per heavy atom. The average molecular weight is 443 g/mol. The summed E-state index contributed by atoms with van der Waals surface area (Å²) >= 11 is 0. The van der Waals surface area contributed by atoms with Gasteiger partial charge >= 0.3 is 11.7 Å². The van der Waals surface area contributed by atoms with Crippen molar-refractivity contribution in [1.29, 1.82) is 0 Å². The Balaban J connectivity index is 1.55. The zero-order chi connectivity index (χ0) is 23.2. The molecule has 10 nitrogen and oxygen atoms in total. The molecule has 2 saturated heterocycles. The number of imide groups is 1. The molecule has 10 heteroatoms. The number of carbonyl (C=O) groups is 3. The molecule has 4 amide bonds. The lowest BCUT2D eigenvalue weighted by molar-refractivity contribution is -0.474. The molecule has 3 aliphatic heterocycles. The number of amides is 4. The lowest BCUT2D eigenvalue weighted by Crippen LogP contribution is -2.57. The van der Waals surface area contributed by atoms with Crippen molar-refractivity contribution in [2.75, 3.05) is 33.7 Å². The second kappa shape index (κ2) is 8.25. The van der Waals surface area contributed by atoms with Gasteiger partial charge in [0.25, 0.3) is 17.6 Å². The molecule has 0 aliphatic carbocycles. The summed E-state index contributed by atoms with van der Waals surface area (Å²) < 4.78 is 12.6. The van der Waals surface area contributed by atoms with E-state index >= 15 is 0 Å². The van der Waals surface area contributed by atoms with Gasteiger partial charge in [-0.05, 0) is 19.4 Å². The van der Waals surface area contributed by atoms with Crippen LogP contribution in [-0.2, 0) is 9.59 Å². The van der Waals surface area contributed by atoms with Crippen LogP contribution < -0.4 is 10.4 Å². The lowest BCUT2D eigenvalue weighted by Gasteiger charge is -2.27. The van der Waals surface area contributed by atoms with Crippen molar-refractivity contribution in [3.05, 3.63) is 40.1 Å². The van der Waals surface area contributed by atoms with Gasteiger partial charge in [0.15, 0.2) is 11.6 Å². The molecule has 170 valence electrons. The number of carbonyl (C=O) groups excluding carboxylic acids is 3. The number of nitrogens with zero attached hydrogens (tertiary/aromatic N) is 4. The second-order valence-corrected chi connectivity index (χ2v) is 8.28. The van der Waals surface area contributed by atoms with Gasteiger partial charge in [-0.1, -0.05) is 6.92 Å². The zero-order valence-corrected chi connectivity index (χ0v) is 18.7. The van der Waals surface area contributed by atoms with Gasteiger partial charge in [0.2, 0.25) is 0 Å². The molecule has 0 N–H and O–H groups in total. The summed E-state index contributed by atoms with van der Waals surface area (Å²) in [4.78, 5) is 54.4. The fraction of sp³-hybridized carbons (Fsp3) is 0.500. The molecule has 0 radical (unpaired) electrons. The van der Waals surface area contributed by atoms with E-state index in [0.717, 1.165) is 11.3 Å². The van der Waals surface area contributed by atoms with Crippen molar-refractivity contribution >= 4 is 23.7 Å². The van der Waals surface area contributed by atoms with Gasteiger partial charge in [0.1, 0.15) is 17.6 Å². The van der Waals surface area contributed by atoms with Gasteiger partial charge in [-0.25, -0.2) is 19.1 Å². The molecule has 0 bridgehead atoms. The number of amidine groups is 1. The first-order valence-electron chi connectivity index (χ1n) is 10.7. The lowest BCUT2D eigenvalue weighted by atomic mass is 10.0. The first kappa shape index (κ1) is 21.8. The highest BCUT2D eigenvalue weighted by atomic mass is 16.5. The first-order chi connectivity index (χ1) is 15.2. The predicted octanol–water partition coefficient (Wildman–Crippen LogP) is 0.786. The maximum absolute atomic E-state index is 13.4. The van der Waals surface area contributed by atoms with Crippen molar-refractivity contribution in [2.45, 2.75) is 32.8 Å². The van der Waals surface area contributed by atoms with Crippen LogP contribution in [0, 0.1) is 12.8 Å². The highest BCUT2D eigenvalue weighted by Crippen LogP contribution is 2.28. The van der Waals surface area contributed by atoms with Crippen LogP contribution in [0.15, 0.2) is 33.1 Å². The molecule has 1 aromatic rings. The molecule has 2 atom stereocenters. The standard InChI is InChI=1S/C22H27N4O6/c1-5-7-26-17(11-16-19(26)23(3)22(30)24(4)20(16)28)21(29)25-8-6-14(12-25)32-15-9-13(2)31-18(27)10-15/h9-11,14,16H,5-8,12H2,1-4H3/q+1. The van der Waals surface area contributed by atoms with Crippen LogP contribution in [0.1, 0.15) is 25.5 Å². The number of rotatable bonds is 5. The van der Waals surface area contributed by atoms with E-state index in [1.54, 1.807) is 35.6 Å². The van der Waals surface area contributed by atoms with Crippen LogP contribution in [0.25, 0.3) is 0 Å². The number of aryl methyl sites for hydroxylation is 1. The minimum Gasteiger partial charge on any atom is -0.488 e. The minimum atomic E-state index is -0.658. The van der Waals surface area contributed by atoms with Crippen LogP contribution >= 0.6 is 0 Å². The number of urea groups is 1. The number of likely N-dealkylation sites (tertiary alicyclic amines) is 1. The van der Waals surface area contributed by atoms with Crippen LogP contribution in [0.5, 0.6) is 5.75 Å². The average Bonchev–Trinajstić information content (AvgIpc) is 3.35. The minimum absolute atomic E-state index is 0.202. The largest absolute Gasteiger partial charge is 0.488 e. The Labute approximate surface area is 185 Å². The number of fused-ring (bicyclic) bond motifs is 1. The van der Waals surface area contributed by atoms with E-state index in [1.165, 1.54) is 18.0 Å². The molecular weight excluding hydrogens is 416 g/mol. The molecule has 4 rings (SSSR count). The maximum Gasteiger partial charge on any atom is 0.417 e. The topological polar surface area (TPSA) is 103 Å². The van der Waals surface area contributed by atoms with E-state index in [1.807, 2.05) is 6.92 Å². The zero-order valence-electron chi connectivity index (χ0n) is 18.7. The van der Waals surface area contributed by atoms with Gasteiger partial charge < -0.3 is 14.1 Å². The predicted molar refractivity (Wildman–Crippen MR) is 113 cm³/mol. The Kier molecular flexibility index (Phi) is 5.62. The molecule has 0 spiro atoms. The summed E-state index contributed by atoms with van der Waals surface area (Å²) in [5.74, 6) is 0.203. The van der Waals surface area contributed by atoms with Crippen molar-refractivity contribution < 1.29 is 28.1 Å². The monoisotopic (exact) mass is 443 g/mol. The van der Waals surface area contributed by atoms with E-state index in [4.69, 9.17) is 9.15 Å². The summed E-state index contributed by atoms with van der Waals surface area (Å²) in [5.41, 5.74) is -0.0721. The van der Waals surface area contributed by atoms with Crippen molar-refractivity contribution in [2.24, 2.45) is 5.92 Å². The van der Waals surface area contributed by atoms with Crippen LogP contribution in [0.4, 0.5) is 4.79 Å². The summed E-state index contributed by atoms with van der Waals surface area (Å²) in [5, 5.41) is 0. The maximum atomic E-state index is 13.4. The van der Waals surface area contributed by atoms with Crippen molar-refractivity contribution in [1.82, 2.24) is 14.7 Å². The normalized spacial score (nSPS) is 23.1. The van der Waals surface area contributed by atoms with E-state index in [2.05, 4.69) is 0 Å². The molecule has 2 fully saturated rings. The fourth-order valence-corrected chi connectivity index (χ4v) is 4.46. The van der Waals surface area contributed by atoms with Crippen LogP contribution in [0.2, 0.25) is 0 Å². The van der Waals surface area contributed by atoms with Gasteiger partial charge in [0.05, 0.1) is 26.2 Å². The molecule has 0 aromatic carbocycles. The summed E-state index contributed by atoms with van der Waals surface area (Å²) in [6, 6.07) is 2.52. The fourth-order valence-electron chi connectivity index (χ4n) is 4.46. The number of hydrogen-bond donors (Lipinski definition) is 0. The number of ether oxygens (including phenoxy) is 1. The number of hydrogen-bond acceptors (Lipinski definition) is 6. The van der Waals surface area contributed by atoms with Gasteiger partial charge in [-0.15, -0.1) is 0 Å². The Morgan fingerprint density at radius 3 is 2.66 bits per heavy atom. The highest BCUT2D eigenvalue weighted by molar-refractivity contribution is 6.19. The molecule has 1 aromatic heterocycles. The smallest absolute Gasteiger partial charge is 0.417 e. The van der Waals surface area contributed by atoms with E-state index in [9.17, 15) is 19.2 Å². The molecule has 32 heavy (non-hydrogen) atoms. The Bertz CT molecular complexity index is 1100. The van der Waals surface area contributed by atoms with Gasteiger partial charge in [0, 0.05) is 26.1 Å². The SMILES string of the molecule is CCC[N+]1=C2C(C=C1C(=O)N1CCC(Oc3cc(C)oc(=O)c3)C1)C(=O)N(C)C(=O)N2C. The first-order valence-corrected chi connectivity index (χ1v) is 10.7. The highest BCUT2D eigenvalue weighted by Gasteiger charge is 2.52. The van der Waals surface area contributed by atoms with Crippen molar-refractivity contribution in [3.63, 3.8) is 0 Å². The van der Waals surface area contributed by atoms with Crippen LogP contribution in [0.3, 0.4) is 0 Å². The Hall–Kier alpha value is -3.43. The van der Waals surface area contributed by atoms with E-state index in [-0.39, 0.29) is 17.9 Å². The summed E-state index contributed by atoms with van der Waals surface area (Å²) in [7, 11) is 3.07. The molecule has 4 heterocycles. The van der Waals surface area contributed by atoms with Gasteiger partial charge in [-0.2, -0.15) is 4.90 Å². The molecule has 0 saturated carbocycles. The second-order valence-electron chi connectivity index (χ2n) is 8.28. The van der Waals surface area contributed by atoms with E-state index in [0.29, 0.717) is 49.1 Å². The van der Waals surface area contributed by atoms with Crippen molar-refractivity contribution in [3.8, 4) is 5.75 Å². The third kappa shape index (κ3) is 3.69. The molecule has 3 aliphatic rings. The van der Waals surface area contributed by atoms with Gasteiger partial charge in [-0.3, -0.25) is 9.59 Å². The molecule has 2 unspecified atom stereocenters. The quantitative estimate of drug-likeness (QED) is 0.624. The Morgan fingerprint density at radius 2 is 1.97 bits per heavy atom. The molecular formula is C22H27N4O6+. The van der Waals surface area contributed by atoms with E-state index < -0.39 is 17.6 Å². The summed E-state index contributed by atoms with van der Waals surface area (Å²) in [6.45, 7) is 5.02. The third-order valence-electron chi connectivity index (χ3n) is 5.95. The van der Waals surface area contributed by atoms with Crippen LogP contribution in [-0.4, -0.2) is 82.8 Å². The summed E-state index contributed by atoms with van der Waals surface area (Å²) in [6.07, 6.45) is 2.77.